The minimum atomic E-state index is -0.911. The summed E-state index contributed by atoms with van der Waals surface area (Å²) in [5.74, 6) is -0.315. The van der Waals surface area contributed by atoms with Crippen molar-refractivity contribution in [1.82, 2.24) is 5.32 Å². The molecule has 1 rings (SSSR count). The SMILES string of the molecule is CC(C)(C)C(CC(=O)O)NC(=O)CCc1ccco1. The van der Waals surface area contributed by atoms with Crippen molar-refractivity contribution in [2.45, 2.75) is 46.1 Å². The van der Waals surface area contributed by atoms with Gasteiger partial charge in [0.2, 0.25) is 5.91 Å². The van der Waals surface area contributed by atoms with Gasteiger partial charge in [-0.1, -0.05) is 20.8 Å². The second kappa shape index (κ2) is 6.41. The Morgan fingerprint density at radius 1 is 1.42 bits per heavy atom. The Morgan fingerprint density at radius 3 is 2.58 bits per heavy atom. The molecule has 0 aliphatic rings. The van der Waals surface area contributed by atoms with Crippen molar-refractivity contribution in [3.63, 3.8) is 0 Å². The number of amides is 1. The lowest BCUT2D eigenvalue weighted by molar-refractivity contribution is -0.138. The maximum Gasteiger partial charge on any atom is 0.305 e. The molecule has 5 nitrogen and oxygen atoms in total. The molecular formula is C14H21NO4. The van der Waals surface area contributed by atoms with Gasteiger partial charge < -0.3 is 14.8 Å². The second-order valence-electron chi connectivity index (χ2n) is 5.66. The standard InChI is InChI=1S/C14H21NO4/c1-14(2,3)11(9-13(17)18)15-12(16)7-6-10-5-4-8-19-10/h4-5,8,11H,6-7,9H2,1-3H3,(H,15,16)(H,17,18). The lowest BCUT2D eigenvalue weighted by atomic mass is 9.84. The molecule has 1 aromatic rings. The molecule has 2 N–H and O–H groups in total. The van der Waals surface area contributed by atoms with Gasteiger partial charge in [0.05, 0.1) is 12.7 Å². The Labute approximate surface area is 113 Å². The van der Waals surface area contributed by atoms with Gasteiger partial charge in [-0.05, 0) is 17.5 Å². The van der Waals surface area contributed by atoms with Gasteiger partial charge in [-0.15, -0.1) is 0 Å². The molecule has 0 aliphatic heterocycles. The summed E-state index contributed by atoms with van der Waals surface area (Å²) in [5, 5.41) is 11.7. The third-order valence-electron chi connectivity index (χ3n) is 2.94. The maximum atomic E-state index is 11.8. The van der Waals surface area contributed by atoms with E-state index in [9.17, 15) is 9.59 Å². The van der Waals surface area contributed by atoms with Crippen LogP contribution in [0, 0.1) is 5.41 Å². The number of hydrogen-bond acceptors (Lipinski definition) is 3. The van der Waals surface area contributed by atoms with E-state index in [-0.39, 0.29) is 23.8 Å². The molecule has 1 unspecified atom stereocenters. The third kappa shape index (κ3) is 5.59. The Bertz CT molecular complexity index is 417. The number of aryl methyl sites for hydroxylation is 1. The van der Waals surface area contributed by atoms with Crippen LogP contribution in [0.1, 0.15) is 39.4 Å². The lowest BCUT2D eigenvalue weighted by Gasteiger charge is -2.30. The number of hydrogen-bond donors (Lipinski definition) is 2. The Balaban J connectivity index is 2.49. The van der Waals surface area contributed by atoms with E-state index in [0.29, 0.717) is 12.8 Å². The molecule has 0 aliphatic carbocycles. The molecule has 0 saturated carbocycles. The summed E-state index contributed by atoms with van der Waals surface area (Å²) in [4.78, 5) is 22.6. The minimum absolute atomic E-state index is 0.0734. The van der Waals surface area contributed by atoms with Crippen molar-refractivity contribution in [1.29, 1.82) is 0 Å². The lowest BCUT2D eigenvalue weighted by Crippen LogP contribution is -2.45. The van der Waals surface area contributed by atoms with E-state index in [1.165, 1.54) is 0 Å². The van der Waals surface area contributed by atoms with Crippen molar-refractivity contribution in [3.8, 4) is 0 Å². The summed E-state index contributed by atoms with van der Waals surface area (Å²) in [6, 6.07) is 3.20. The predicted molar refractivity (Wildman–Crippen MR) is 70.7 cm³/mol. The van der Waals surface area contributed by atoms with Crippen LogP contribution in [0.3, 0.4) is 0 Å². The van der Waals surface area contributed by atoms with Crippen LogP contribution >= 0.6 is 0 Å². The van der Waals surface area contributed by atoms with E-state index in [2.05, 4.69) is 5.32 Å². The Hall–Kier alpha value is -1.78. The van der Waals surface area contributed by atoms with Gasteiger partial charge in [-0.25, -0.2) is 0 Å². The smallest absolute Gasteiger partial charge is 0.305 e. The average Bonchev–Trinajstić information content (AvgIpc) is 2.76. The monoisotopic (exact) mass is 267 g/mol. The fourth-order valence-electron chi connectivity index (χ4n) is 1.71. The molecule has 5 heteroatoms. The molecule has 0 bridgehead atoms. The third-order valence-corrected chi connectivity index (χ3v) is 2.94. The van der Waals surface area contributed by atoms with Gasteiger partial charge >= 0.3 is 5.97 Å². The number of carbonyl (C=O) groups excluding carboxylic acids is 1. The second-order valence-corrected chi connectivity index (χ2v) is 5.66. The topological polar surface area (TPSA) is 79.5 Å². The van der Waals surface area contributed by atoms with E-state index in [1.54, 1.807) is 12.3 Å². The molecule has 0 aromatic carbocycles. The molecule has 1 atom stereocenters. The summed E-state index contributed by atoms with van der Waals surface area (Å²) >= 11 is 0. The van der Waals surface area contributed by atoms with Crippen LogP contribution in [-0.2, 0) is 16.0 Å². The fraction of sp³-hybridized carbons (Fsp3) is 0.571. The number of carboxylic acids is 1. The molecular weight excluding hydrogens is 246 g/mol. The van der Waals surface area contributed by atoms with E-state index >= 15 is 0 Å². The number of aliphatic carboxylic acids is 1. The highest BCUT2D eigenvalue weighted by Gasteiger charge is 2.28. The number of carboxylic acid groups (broad SMARTS) is 1. The zero-order chi connectivity index (χ0) is 14.5. The van der Waals surface area contributed by atoms with Gasteiger partial charge in [0, 0.05) is 18.9 Å². The molecule has 0 saturated heterocycles. The van der Waals surface area contributed by atoms with Gasteiger partial charge in [0.1, 0.15) is 5.76 Å². The summed E-state index contributed by atoms with van der Waals surface area (Å²) in [6.45, 7) is 5.73. The zero-order valence-electron chi connectivity index (χ0n) is 11.6. The molecule has 1 heterocycles. The van der Waals surface area contributed by atoms with Crippen LogP contribution in [0.2, 0.25) is 0 Å². The molecule has 19 heavy (non-hydrogen) atoms. The highest BCUT2D eigenvalue weighted by Crippen LogP contribution is 2.22. The van der Waals surface area contributed by atoms with E-state index in [1.807, 2.05) is 26.8 Å². The van der Waals surface area contributed by atoms with Crippen LogP contribution in [0.5, 0.6) is 0 Å². The average molecular weight is 267 g/mol. The Morgan fingerprint density at radius 2 is 2.11 bits per heavy atom. The van der Waals surface area contributed by atoms with Crippen LogP contribution in [-0.4, -0.2) is 23.0 Å². The predicted octanol–water partition coefficient (Wildman–Crippen LogP) is 2.22. The molecule has 1 aromatic heterocycles. The number of nitrogens with one attached hydrogen (secondary N) is 1. The van der Waals surface area contributed by atoms with Crippen molar-refractivity contribution in [2.75, 3.05) is 0 Å². The summed E-state index contributed by atoms with van der Waals surface area (Å²) in [7, 11) is 0. The van der Waals surface area contributed by atoms with Crippen molar-refractivity contribution in [2.24, 2.45) is 5.41 Å². The van der Waals surface area contributed by atoms with Crippen LogP contribution in [0.25, 0.3) is 0 Å². The molecule has 0 fully saturated rings. The Kier molecular flexibility index (Phi) is 5.15. The first kappa shape index (κ1) is 15.3. The van der Waals surface area contributed by atoms with E-state index < -0.39 is 5.97 Å². The molecule has 1 amide bonds. The molecule has 0 spiro atoms. The minimum Gasteiger partial charge on any atom is -0.481 e. The van der Waals surface area contributed by atoms with Crippen molar-refractivity contribution < 1.29 is 19.1 Å². The maximum absolute atomic E-state index is 11.8. The van der Waals surface area contributed by atoms with Crippen LogP contribution in [0.4, 0.5) is 0 Å². The highest BCUT2D eigenvalue weighted by atomic mass is 16.4. The first-order valence-corrected chi connectivity index (χ1v) is 6.32. The zero-order valence-corrected chi connectivity index (χ0v) is 11.6. The normalized spacial score (nSPS) is 13.0. The van der Waals surface area contributed by atoms with Crippen molar-refractivity contribution >= 4 is 11.9 Å². The van der Waals surface area contributed by atoms with Crippen LogP contribution in [0.15, 0.2) is 22.8 Å². The summed E-state index contributed by atoms with van der Waals surface area (Å²) in [6.07, 6.45) is 2.30. The first-order chi connectivity index (χ1) is 8.79. The fourth-order valence-corrected chi connectivity index (χ4v) is 1.71. The number of carbonyl (C=O) groups is 2. The van der Waals surface area contributed by atoms with E-state index in [4.69, 9.17) is 9.52 Å². The summed E-state index contributed by atoms with van der Waals surface area (Å²) in [5.41, 5.74) is -0.293. The first-order valence-electron chi connectivity index (χ1n) is 6.32. The summed E-state index contributed by atoms with van der Waals surface area (Å²) < 4.78 is 5.15. The van der Waals surface area contributed by atoms with E-state index in [0.717, 1.165) is 5.76 Å². The van der Waals surface area contributed by atoms with Gasteiger partial charge in [0.15, 0.2) is 0 Å². The number of rotatable bonds is 6. The molecule has 106 valence electrons. The quantitative estimate of drug-likeness (QED) is 0.828. The molecule has 0 radical (unpaired) electrons. The van der Waals surface area contributed by atoms with Crippen LogP contribution < -0.4 is 5.32 Å². The van der Waals surface area contributed by atoms with Gasteiger partial charge in [-0.2, -0.15) is 0 Å². The van der Waals surface area contributed by atoms with Gasteiger partial charge in [0.25, 0.3) is 0 Å². The largest absolute Gasteiger partial charge is 0.481 e. The van der Waals surface area contributed by atoms with Gasteiger partial charge in [-0.3, -0.25) is 9.59 Å². The number of furan rings is 1. The van der Waals surface area contributed by atoms with Crippen molar-refractivity contribution in [3.05, 3.63) is 24.2 Å². The highest BCUT2D eigenvalue weighted by molar-refractivity contribution is 5.77.